The van der Waals surface area contributed by atoms with Gasteiger partial charge in [-0.3, -0.25) is 0 Å². The first-order chi connectivity index (χ1) is 9.15. The topological polar surface area (TPSA) is 62.8 Å². The molecule has 1 aliphatic heterocycles. The zero-order valence-electron chi connectivity index (χ0n) is 11.5. The minimum Gasteiger partial charge on any atom is -0.491 e. The Kier molecular flexibility index (Phi) is 4.87. The Morgan fingerprint density at radius 3 is 3.11 bits per heavy atom. The van der Waals surface area contributed by atoms with E-state index in [1.54, 1.807) is 0 Å². The highest BCUT2D eigenvalue weighted by atomic mass is 16.5. The summed E-state index contributed by atoms with van der Waals surface area (Å²) < 4.78 is 11.1. The summed E-state index contributed by atoms with van der Waals surface area (Å²) in [5, 5.41) is 16.2. The fraction of sp³-hybridized carbons (Fsp3) is 0.571. The molecular weight excluding hydrogens is 244 g/mol. The highest BCUT2D eigenvalue weighted by molar-refractivity contribution is 5.60. The van der Waals surface area contributed by atoms with Gasteiger partial charge in [-0.05, 0) is 12.1 Å². The molecule has 0 spiro atoms. The van der Waals surface area contributed by atoms with Crippen molar-refractivity contribution in [2.75, 3.05) is 31.6 Å². The Morgan fingerprint density at radius 1 is 1.47 bits per heavy atom. The molecule has 0 saturated carbocycles. The lowest BCUT2D eigenvalue weighted by molar-refractivity contribution is 0.104. The van der Waals surface area contributed by atoms with E-state index in [0.29, 0.717) is 19.2 Å². The number of rotatable bonds is 6. The monoisotopic (exact) mass is 266 g/mol. The first kappa shape index (κ1) is 14.0. The van der Waals surface area contributed by atoms with Gasteiger partial charge >= 0.3 is 0 Å². The maximum Gasteiger partial charge on any atom is 0.142 e. The summed E-state index contributed by atoms with van der Waals surface area (Å²) in [6.45, 7) is 6.39. The lowest BCUT2D eigenvalue weighted by Crippen LogP contribution is -2.35. The number of ether oxygens (including phenoxy) is 2. The Bertz CT molecular complexity index is 410. The zero-order valence-corrected chi connectivity index (χ0v) is 11.5. The predicted octanol–water partition coefficient (Wildman–Crippen LogP) is 1.23. The van der Waals surface area contributed by atoms with Crippen molar-refractivity contribution in [3.05, 3.63) is 18.2 Å². The van der Waals surface area contributed by atoms with Crippen LogP contribution in [0.1, 0.15) is 13.8 Å². The number of fused-ring (bicyclic) bond motifs is 1. The van der Waals surface area contributed by atoms with E-state index < -0.39 is 6.10 Å². The summed E-state index contributed by atoms with van der Waals surface area (Å²) in [6, 6.07) is 6.00. The van der Waals surface area contributed by atoms with Gasteiger partial charge in [-0.15, -0.1) is 0 Å². The molecule has 1 aromatic rings. The van der Waals surface area contributed by atoms with Gasteiger partial charge in [0.25, 0.3) is 0 Å². The molecular formula is C14H22N2O3. The lowest BCUT2D eigenvalue weighted by Gasteiger charge is -2.20. The molecule has 3 N–H and O–H groups in total. The second-order valence-electron chi connectivity index (χ2n) is 4.96. The second kappa shape index (κ2) is 6.63. The molecule has 5 heteroatoms. The first-order valence-corrected chi connectivity index (χ1v) is 6.70. The van der Waals surface area contributed by atoms with Gasteiger partial charge < -0.3 is 25.2 Å². The molecule has 1 atom stereocenters. The number of hydrogen-bond donors (Lipinski definition) is 3. The summed E-state index contributed by atoms with van der Waals surface area (Å²) in [7, 11) is 0. The van der Waals surface area contributed by atoms with E-state index >= 15 is 0 Å². The van der Waals surface area contributed by atoms with Crippen LogP contribution >= 0.6 is 0 Å². The number of benzene rings is 1. The van der Waals surface area contributed by atoms with E-state index in [-0.39, 0.29) is 6.61 Å². The maximum absolute atomic E-state index is 9.77. The van der Waals surface area contributed by atoms with Crippen molar-refractivity contribution in [2.45, 2.75) is 26.0 Å². The van der Waals surface area contributed by atoms with Crippen molar-refractivity contribution in [1.82, 2.24) is 5.32 Å². The van der Waals surface area contributed by atoms with Crippen LogP contribution in [0.15, 0.2) is 18.2 Å². The predicted molar refractivity (Wildman–Crippen MR) is 75.1 cm³/mol. The first-order valence-electron chi connectivity index (χ1n) is 6.70. The number of aliphatic hydroxyl groups is 1. The molecule has 1 aliphatic rings. The van der Waals surface area contributed by atoms with E-state index in [2.05, 4.69) is 10.6 Å². The molecule has 2 rings (SSSR count). The van der Waals surface area contributed by atoms with Crippen LogP contribution in [0.25, 0.3) is 0 Å². The molecule has 106 valence electrons. The Morgan fingerprint density at radius 2 is 2.32 bits per heavy atom. The summed E-state index contributed by atoms with van der Waals surface area (Å²) >= 11 is 0. The van der Waals surface area contributed by atoms with Crippen molar-refractivity contribution in [2.24, 2.45) is 0 Å². The fourth-order valence-corrected chi connectivity index (χ4v) is 1.83. The van der Waals surface area contributed by atoms with Crippen molar-refractivity contribution in [1.29, 1.82) is 0 Å². The van der Waals surface area contributed by atoms with Crippen LogP contribution < -0.4 is 20.1 Å². The molecule has 0 amide bonds. The Labute approximate surface area is 113 Å². The second-order valence-corrected chi connectivity index (χ2v) is 4.96. The molecule has 0 saturated heterocycles. The van der Waals surface area contributed by atoms with E-state index in [9.17, 15) is 5.11 Å². The molecule has 0 fully saturated rings. The standard InChI is InChI=1S/C14H22N2O3/c1-10(2)16-8-11(17)9-19-12-3-4-14-13(7-12)15-5-6-18-14/h3-4,7,10-11,15-17H,5-6,8-9H2,1-2H3. The third-order valence-corrected chi connectivity index (χ3v) is 2.83. The van der Waals surface area contributed by atoms with Gasteiger partial charge in [-0.25, -0.2) is 0 Å². The van der Waals surface area contributed by atoms with Crippen molar-refractivity contribution in [3.8, 4) is 11.5 Å². The van der Waals surface area contributed by atoms with Gasteiger partial charge in [0.15, 0.2) is 0 Å². The van der Waals surface area contributed by atoms with Gasteiger partial charge in [-0.1, -0.05) is 13.8 Å². The molecule has 5 nitrogen and oxygen atoms in total. The summed E-state index contributed by atoms with van der Waals surface area (Å²) in [4.78, 5) is 0. The minimum absolute atomic E-state index is 0.277. The quantitative estimate of drug-likeness (QED) is 0.723. The zero-order chi connectivity index (χ0) is 13.7. The van der Waals surface area contributed by atoms with Gasteiger partial charge in [0.05, 0.1) is 5.69 Å². The SMILES string of the molecule is CC(C)NCC(O)COc1ccc2c(c1)NCCO2. The third kappa shape index (κ3) is 4.29. The van der Waals surface area contributed by atoms with Crippen LogP contribution in [-0.2, 0) is 0 Å². The normalized spacial score (nSPS) is 15.4. The number of nitrogens with one attached hydrogen (secondary N) is 2. The molecule has 1 heterocycles. The van der Waals surface area contributed by atoms with Crippen LogP contribution in [0.4, 0.5) is 5.69 Å². The van der Waals surface area contributed by atoms with Crippen LogP contribution in [0.2, 0.25) is 0 Å². The minimum atomic E-state index is -0.511. The van der Waals surface area contributed by atoms with E-state index in [0.717, 1.165) is 23.7 Å². The van der Waals surface area contributed by atoms with Crippen molar-refractivity contribution < 1.29 is 14.6 Å². The highest BCUT2D eigenvalue weighted by Gasteiger charge is 2.11. The average molecular weight is 266 g/mol. The molecule has 0 aliphatic carbocycles. The summed E-state index contributed by atoms with van der Waals surface area (Å²) in [5.41, 5.74) is 0.943. The summed E-state index contributed by atoms with van der Waals surface area (Å²) in [6.07, 6.45) is -0.511. The van der Waals surface area contributed by atoms with Crippen molar-refractivity contribution >= 4 is 5.69 Å². The lowest BCUT2D eigenvalue weighted by atomic mass is 10.2. The van der Waals surface area contributed by atoms with Gasteiger partial charge in [-0.2, -0.15) is 0 Å². The van der Waals surface area contributed by atoms with Gasteiger partial charge in [0.2, 0.25) is 0 Å². The highest BCUT2D eigenvalue weighted by Crippen LogP contribution is 2.31. The number of hydrogen-bond acceptors (Lipinski definition) is 5. The molecule has 0 bridgehead atoms. The number of anilines is 1. The molecule has 0 radical (unpaired) electrons. The van der Waals surface area contributed by atoms with Crippen LogP contribution in [-0.4, -0.2) is 43.6 Å². The van der Waals surface area contributed by atoms with E-state index in [1.807, 2.05) is 32.0 Å². The van der Waals surface area contributed by atoms with Crippen molar-refractivity contribution in [3.63, 3.8) is 0 Å². The maximum atomic E-state index is 9.77. The van der Waals surface area contributed by atoms with Crippen LogP contribution in [0, 0.1) is 0 Å². The van der Waals surface area contributed by atoms with E-state index in [4.69, 9.17) is 9.47 Å². The van der Waals surface area contributed by atoms with Gasteiger partial charge in [0, 0.05) is 25.2 Å². The van der Waals surface area contributed by atoms with E-state index in [1.165, 1.54) is 0 Å². The van der Waals surface area contributed by atoms with Crippen LogP contribution in [0.3, 0.4) is 0 Å². The largest absolute Gasteiger partial charge is 0.491 e. The average Bonchev–Trinajstić information content (AvgIpc) is 2.42. The molecule has 1 unspecified atom stereocenters. The third-order valence-electron chi connectivity index (χ3n) is 2.83. The molecule has 1 aromatic carbocycles. The smallest absolute Gasteiger partial charge is 0.142 e. The Balaban J connectivity index is 1.82. The Hall–Kier alpha value is -1.46. The molecule has 19 heavy (non-hydrogen) atoms. The van der Waals surface area contributed by atoms with Crippen LogP contribution in [0.5, 0.6) is 11.5 Å². The number of aliphatic hydroxyl groups excluding tert-OH is 1. The molecule has 0 aromatic heterocycles. The van der Waals surface area contributed by atoms with Gasteiger partial charge in [0.1, 0.15) is 30.8 Å². The fourth-order valence-electron chi connectivity index (χ4n) is 1.83. The summed E-state index contributed by atoms with van der Waals surface area (Å²) in [5.74, 6) is 1.58.